The molecule has 0 aromatic heterocycles. The van der Waals surface area contributed by atoms with Crippen LogP contribution in [0.15, 0.2) is 0 Å². The molecule has 2 amide bonds. The number of carbonyl (C=O) groups excluding carboxylic acids is 2. The number of hydrogen-bond acceptors (Lipinski definition) is 3. The number of rotatable bonds is 6. The van der Waals surface area contributed by atoms with E-state index in [2.05, 4.69) is 10.6 Å². The molecule has 0 saturated heterocycles. The zero-order valence-electron chi connectivity index (χ0n) is 10.9. The third kappa shape index (κ3) is 5.91. The lowest BCUT2D eigenvalue weighted by atomic mass is 10.1. The van der Waals surface area contributed by atoms with Crippen LogP contribution in [0.2, 0.25) is 0 Å². The van der Waals surface area contributed by atoms with Gasteiger partial charge in [-0.25, -0.2) is 0 Å². The van der Waals surface area contributed by atoms with Crippen molar-refractivity contribution in [3.05, 3.63) is 0 Å². The quantitative estimate of drug-likeness (QED) is 0.719. The number of amides is 2. The van der Waals surface area contributed by atoms with Gasteiger partial charge in [0.15, 0.2) is 0 Å². The fourth-order valence-electron chi connectivity index (χ4n) is 1.17. The van der Waals surface area contributed by atoms with E-state index in [1.165, 1.54) is 0 Å². The minimum absolute atomic E-state index is 0.222. The van der Waals surface area contributed by atoms with Crippen LogP contribution >= 0.6 is 0 Å². The summed E-state index contributed by atoms with van der Waals surface area (Å²) in [5.74, 6) is -0.929. The Kier molecular flexibility index (Phi) is 6.95. The third-order valence-corrected chi connectivity index (χ3v) is 2.32. The molecule has 0 aliphatic carbocycles. The molecule has 0 aliphatic heterocycles. The lowest BCUT2D eigenvalue weighted by molar-refractivity contribution is -0.129. The summed E-state index contributed by atoms with van der Waals surface area (Å²) in [4.78, 5) is 23.1. The van der Waals surface area contributed by atoms with Gasteiger partial charge in [0.1, 0.15) is 12.0 Å². The smallest absolute Gasteiger partial charge is 0.242 e. The van der Waals surface area contributed by atoms with Gasteiger partial charge in [-0.3, -0.25) is 9.59 Å². The third-order valence-electron chi connectivity index (χ3n) is 2.32. The van der Waals surface area contributed by atoms with Crippen molar-refractivity contribution in [2.45, 2.75) is 40.2 Å². The Hall–Kier alpha value is -1.57. The second-order valence-electron chi connectivity index (χ2n) is 4.46. The molecular formula is C12H21N3O2. The van der Waals surface area contributed by atoms with E-state index in [0.29, 0.717) is 18.9 Å². The van der Waals surface area contributed by atoms with Crippen molar-refractivity contribution in [3.63, 3.8) is 0 Å². The molecule has 0 rings (SSSR count). The molecule has 0 bridgehead atoms. The Morgan fingerprint density at radius 2 is 1.82 bits per heavy atom. The average Bonchev–Trinajstić information content (AvgIpc) is 2.27. The van der Waals surface area contributed by atoms with Gasteiger partial charge in [-0.15, -0.1) is 0 Å². The second kappa shape index (κ2) is 7.66. The Morgan fingerprint density at radius 1 is 1.24 bits per heavy atom. The monoisotopic (exact) mass is 239 g/mol. The standard InChI is InChI=1S/C12H21N3O2/c1-5-10(6-13)12(17)15-9(4)11(16)14-7-8(2)3/h8-10H,5,7H2,1-4H3,(H,14,16)(H,15,17). The zero-order valence-corrected chi connectivity index (χ0v) is 10.9. The maximum absolute atomic E-state index is 11.6. The first-order valence-electron chi connectivity index (χ1n) is 5.90. The van der Waals surface area contributed by atoms with Gasteiger partial charge in [0, 0.05) is 6.54 Å². The summed E-state index contributed by atoms with van der Waals surface area (Å²) >= 11 is 0. The fourth-order valence-corrected chi connectivity index (χ4v) is 1.17. The normalized spacial score (nSPS) is 13.6. The van der Waals surface area contributed by atoms with Gasteiger partial charge in [0.05, 0.1) is 6.07 Å². The van der Waals surface area contributed by atoms with E-state index in [1.807, 2.05) is 19.9 Å². The highest BCUT2D eigenvalue weighted by Crippen LogP contribution is 2.00. The van der Waals surface area contributed by atoms with Crippen molar-refractivity contribution in [1.29, 1.82) is 5.26 Å². The van der Waals surface area contributed by atoms with E-state index in [1.54, 1.807) is 13.8 Å². The van der Waals surface area contributed by atoms with Gasteiger partial charge in [-0.2, -0.15) is 5.26 Å². The van der Waals surface area contributed by atoms with Crippen molar-refractivity contribution in [1.82, 2.24) is 10.6 Å². The van der Waals surface area contributed by atoms with Gasteiger partial charge in [-0.1, -0.05) is 20.8 Å². The molecule has 17 heavy (non-hydrogen) atoms. The lowest BCUT2D eigenvalue weighted by Gasteiger charge is -2.16. The average molecular weight is 239 g/mol. The molecule has 0 aliphatic rings. The summed E-state index contributed by atoms with van der Waals surface area (Å²) in [5, 5.41) is 14.0. The predicted octanol–water partition coefficient (Wildman–Crippen LogP) is 0.813. The Balaban J connectivity index is 4.16. The van der Waals surface area contributed by atoms with Crippen LogP contribution in [-0.4, -0.2) is 24.4 Å². The summed E-state index contributed by atoms with van der Waals surface area (Å²) in [5.41, 5.74) is 0. The maximum Gasteiger partial charge on any atom is 0.242 e. The molecule has 5 heteroatoms. The van der Waals surface area contributed by atoms with E-state index < -0.39 is 12.0 Å². The number of nitrogens with zero attached hydrogens (tertiary/aromatic N) is 1. The van der Waals surface area contributed by atoms with Crippen LogP contribution in [0.5, 0.6) is 0 Å². The summed E-state index contributed by atoms with van der Waals surface area (Å²) < 4.78 is 0. The van der Waals surface area contributed by atoms with Crippen LogP contribution in [0, 0.1) is 23.2 Å². The van der Waals surface area contributed by atoms with Gasteiger partial charge in [0.25, 0.3) is 0 Å². The lowest BCUT2D eigenvalue weighted by Crippen LogP contribution is -2.47. The molecule has 0 spiro atoms. The molecule has 2 unspecified atom stereocenters. The predicted molar refractivity (Wildman–Crippen MR) is 64.8 cm³/mol. The first kappa shape index (κ1) is 15.4. The van der Waals surface area contributed by atoms with Crippen LogP contribution < -0.4 is 10.6 Å². The molecule has 2 atom stereocenters. The molecule has 0 heterocycles. The molecule has 2 N–H and O–H groups in total. The van der Waals surface area contributed by atoms with Crippen LogP contribution in [0.1, 0.15) is 34.1 Å². The number of carbonyl (C=O) groups is 2. The van der Waals surface area contributed by atoms with Gasteiger partial charge >= 0.3 is 0 Å². The SMILES string of the molecule is CCC(C#N)C(=O)NC(C)C(=O)NCC(C)C. The molecule has 0 radical (unpaired) electrons. The Labute approximate surface area is 103 Å². The van der Waals surface area contributed by atoms with E-state index in [0.717, 1.165) is 0 Å². The van der Waals surface area contributed by atoms with E-state index in [4.69, 9.17) is 5.26 Å². The summed E-state index contributed by atoms with van der Waals surface area (Å²) in [6.45, 7) is 7.93. The Bertz CT molecular complexity index is 307. The summed E-state index contributed by atoms with van der Waals surface area (Å²) in [6, 6.07) is 1.29. The van der Waals surface area contributed by atoms with Crippen molar-refractivity contribution in [2.75, 3.05) is 6.54 Å². The molecule has 96 valence electrons. The highest BCUT2D eigenvalue weighted by atomic mass is 16.2. The molecular weight excluding hydrogens is 218 g/mol. The molecule has 0 saturated carbocycles. The first-order valence-corrected chi connectivity index (χ1v) is 5.90. The van der Waals surface area contributed by atoms with E-state index >= 15 is 0 Å². The van der Waals surface area contributed by atoms with Crippen LogP contribution in [-0.2, 0) is 9.59 Å². The highest BCUT2D eigenvalue weighted by Gasteiger charge is 2.20. The minimum Gasteiger partial charge on any atom is -0.354 e. The van der Waals surface area contributed by atoms with E-state index in [9.17, 15) is 9.59 Å². The summed E-state index contributed by atoms with van der Waals surface area (Å²) in [7, 11) is 0. The Morgan fingerprint density at radius 3 is 2.24 bits per heavy atom. The molecule has 5 nitrogen and oxygen atoms in total. The number of hydrogen-bond donors (Lipinski definition) is 2. The summed E-state index contributed by atoms with van der Waals surface area (Å²) in [6.07, 6.45) is 0.447. The van der Waals surface area contributed by atoms with Crippen molar-refractivity contribution < 1.29 is 9.59 Å². The van der Waals surface area contributed by atoms with Gasteiger partial charge in [0.2, 0.25) is 11.8 Å². The van der Waals surface area contributed by atoms with Crippen LogP contribution in [0.4, 0.5) is 0 Å². The van der Waals surface area contributed by atoms with Crippen molar-refractivity contribution in [2.24, 2.45) is 11.8 Å². The van der Waals surface area contributed by atoms with Crippen LogP contribution in [0.3, 0.4) is 0 Å². The topological polar surface area (TPSA) is 82.0 Å². The minimum atomic E-state index is -0.685. The van der Waals surface area contributed by atoms with Gasteiger partial charge in [-0.05, 0) is 19.3 Å². The van der Waals surface area contributed by atoms with Crippen molar-refractivity contribution in [3.8, 4) is 6.07 Å². The molecule has 0 fully saturated rings. The van der Waals surface area contributed by atoms with E-state index in [-0.39, 0.29) is 11.8 Å². The first-order chi connectivity index (χ1) is 7.92. The molecule has 0 aromatic rings. The van der Waals surface area contributed by atoms with Gasteiger partial charge < -0.3 is 10.6 Å². The number of nitrogens with one attached hydrogen (secondary N) is 2. The highest BCUT2D eigenvalue weighted by molar-refractivity contribution is 5.89. The van der Waals surface area contributed by atoms with Crippen LogP contribution in [0.25, 0.3) is 0 Å². The second-order valence-corrected chi connectivity index (χ2v) is 4.46. The zero-order chi connectivity index (χ0) is 13.4. The molecule has 0 aromatic carbocycles. The number of nitriles is 1. The largest absolute Gasteiger partial charge is 0.354 e. The fraction of sp³-hybridized carbons (Fsp3) is 0.750. The maximum atomic E-state index is 11.6. The van der Waals surface area contributed by atoms with Crippen molar-refractivity contribution >= 4 is 11.8 Å².